The average Bonchev–Trinajstić information content (AvgIpc) is 3.39. The Morgan fingerprint density at radius 3 is 2.65 bits per heavy atom. The number of halogens is 1. The summed E-state index contributed by atoms with van der Waals surface area (Å²) in [5.74, 6) is -0.225. The molecule has 2 heterocycles. The van der Waals surface area contributed by atoms with E-state index in [-0.39, 0.29) is 31.6 Å². The lowest BCUT2D eigenvalue weighted by atomic mass is 10.0. The van der Waals surface area contributed by atoms with Crippen LogP contribution in [0.4, 0.5) is 14.9 Å². The standard InChI is InChI=1S/C22H22FN3O5/c1-13(28)24-9-18-10-26(22(29)31-18)17-6-7-19(20(23)8-17)14-2-4-15(5-3-14)21-25-16(11-27)12-30-21/h2-8,16,18,27H,9-12H2,1H3,(H,24,28)/t16-,18-/m0/s1. The van der Waals surface area contributed by atoms with Crippen molar-refractivity contribution in [1.29, 1.82) is 0 Å². The van der Waals surface area contributed by atoms with E-state index in [0.717, 1.165) is 5.56 Å². The van der Waals surface area contributed by atoms with E-state index in [9.17, 15) is 14.0 Å². The van der Waals surface area contributed by atoms with E-state index in [4.69, 9.17) is 14.6 Å². The van der Waals surface area contributed by atoms with Crippen LogP contribution in [0.3, 0.4) is 0 Å². The Morgan fingerprint density at radius 1 is 1.26 bits per heavy atom. The molecule has 2 N–H and O–H groups in total. The fraction of sp³-hybridized carbons (Fsp3) is 0.318. The van der Waals surface area contributed by atoms with Gasteiger partial charge in [0, 0.05) is 18.1 Å². The number of rotatable bonds is 6. The van der Waals surface area contributed by atoms with Gasteiger partial charge in [-0.3, -0.25) is 9.69 Å². The number of amides is 2. The minimum atomic E-state index is -0.578. The zero-order chi connectivity index (χ0) is 22.0. The van der Waals surface area contributed by atoms with Gasteiger partial charge in [0.1, 0.15) is 24.6 Å². The average molecular weight is 427 g/mol. The van der Waals surface area contributed by atoms with Crippen LogP contribution in [0, 0.1) is 5.82 Å². The van der Waals surface area contributed by atoms with Gasteiger partial charge in [0.2, 0.25) is 11.8 Å². The monoisotopic (exact) mass is 427 g/mol. The number of aliphatic hydroxyl groups excluding tert-OH is 1. The lowest BCUT2D eigenvalue weighted by Crippen LogP contribution is -2.33. The Bertz CT molecular complexity index is 1020. The molecule has 0 spiro atoms. The van der Waals surface area contributed by atoms with Crippen LogP contribution in [-0.2, 0) is 14.3 Å². The van der Waals surface area contributed by atoms with Crippen LogP contribution in [0.1, 0.15) is 12.5 Å². The number of aliphatic imine (C=N–C) groups is 1. The van der Waals surface area contributed by atoms with Gasteiger partial charge in [-0.2, -0.15) is 0 Å². The van der Waals surface area contributed by atoms with Crippen LogP contribution >= 0.6 is 0 Å². The van der Waals surface area contributed by atoms with E-state index in [0.29, 0.717) is 29.3 Å². The zero-order valence-electron chi connectivity index (χ0n) is 16.9. The molecule has 31 heavy (non-hydrogen) atoms. The van der Waals surface area contributed by atoms with Crippen LogP contribution in [0.15, 0.2) is 47.5 Å². The van der Waals surface area contributed by atoms with Gasteiger partial charge in [-0.15, -0.1) is 0 Å². The Kier molecular flexibility index (Phi) is 5.85. The SMILES string of the molecule is CC(=O)NC[C@H]1CN(c2ccc(-c3ccc(C4=N[C@@H](CO)CO4)cc3)c(F)c2)C(=O)O1. The molecular weight excluding hydrogens is 405 g/mol. The second-order valence-electron chi connectivity index (χ2n) is 7.38. The summed E-state index contributed by atoms with van der Waals surface area (Å²) in [6.07, 6.45) is -1.07. The molecule has 162 valence electrons. The highest BCUT2D eigenvalue weighted by atomic mass is 19.1. The highest BCUT2D eigenvalue weighted by Crippen LogP contribution is 2.29. The number of ether oxygens (including phenoxy) is 2. The van der Waals surface area contributed by atoms with E-state index in [1.807, 2.05) is 0 Å². The lowest BCUT2D eigenvalue weighted by Gasteiger charge is -2.14. The molecule has 0 saturated carbocycles. The summed E-state index contributed by atoms with van der Waals surface area (Å²) >= 11 is 0. The van der Waals surface area contributed by atoms with Gasteiger partial charge in [0.05, 0.1) is 25.4 Å². The molecule has 8 nitrogen and oxygen atoms in total. The summed E-state index contributed by atoms with van der Waals surface area (Å²) in [4.78, 5) is 28.8. The van der Waals surface area contributed by atoms with E-state index in [1.165, 1.54) is 17.9 Å². The van der Waals surface area contributed by atoms with Crippen LogP contribution < -0.4 is 10.2 Å². The van der Waals surface area contributed by atoms with Crippen molar-refractivity contribution in [2.24, 2.45) is 4.99 Å². The molecule has 4 rings (SSSR count). The molecule has 0 bridgehead atoms. The zero-order valence-corrected chi connectivity index (χ0v) is 16.9. The summed E-state index contributed by atoms with van der Waals surface area (Å²) in [5.41, 5.74) is 2.19. The molecule has 2 aliphatic rings. The fourth-order valence-corrected chi connectivity index (χ4v) is 3.46. The predicted molar refractivity (Wildman–Crippen MR) is 111 cm³/mol. The first-order chi connectivity index (χ1) is 14.9. The maximum Gasteiger partial charge on any atom is 0.414 e. The van der Waals surface area contributed by atoms with Crippen LogP contribution in [0.25, 0.3) is 11.1 Å². The molecule has 2 amide bonds. The number of hydrogen-bond acceptors (Lipinski definition) is 6. The molecule has 0 aromatic heterocycles. The van der Waals surface area contributed by atoms with Crippen molar-refractivity contribution in [3.05, 3.63) is 53.8 Å². The Balaban J connectivity index is 1.48. The van der Waals surface area contributed by atoms with E-state index >= 15 is 0 Å². The number of aliphatic hydroxyl groups is 1. The maximum atomic E-state index is 14.9. The van der Waals surface area contributed by atoms with Gasteiger partial charge in [-0.1, -0.05) is 12.1 Å². The first-order valence-electron chi connectivity index (χ1n) is 9.89. The molecule has 9 heteroatoms. The molecule has 0 radical (unpaired) electrons. The van der Waals surface area contributed by atoms with Crippen molar-refractivity contribution in [3.63, 3.8) is 0 Å². The molecule has 0 unspecified atom stereocenters. The predicted octanol–water partition coefficient (Wildman–Crippen LogP) is 2.09. The number of nitrogens with one attached hydrogen (secondary N) is 1. The third kappa shape index (κ3) is 4.51. The fourth-order valence-electron chi connectivity index (χ4n) is 3.46. The number of carbonyl (C=O) groups is 2. The highest BCUT2D eigenvalue weighted by molar-refractivity contribution is 5.95. The molecule has 2 aliphatic heterocycles. The van der Waals surface area contributed by atoms with Gasteiger partial charge in [-0.25, -0.2) is 14.2 Å². The number of benzene rings is 2. The van der Waals surface area contributed by atoms with Gasteiger partial charge < -0.3 is 19.9 Å². The van der Waals surface area contributed by atoms with E-state index < -0.39 is 18.0 Å². The minimum absolute atomic E-state index is 0.0717. The lowest BCUT2D eigenvalue weighted by molar-refractivity contribution is -0.119. The minimum Gasteiger partial charge on any atom is -0.475 e. The quantitative estimate of drug-likeness (QED) is 0.735. The molecule has 2 aromatic rings. The van der Waals surface area contributed by atoms with Crippen LogP contribution in [-0.4, -0.2) is 61.5 Å². The molecular formula is C22H22FN3O5. The van der Waals surface area contributed by atoms with Gasteiger partial charge in [0.25, 0.3) is 0 Å². The van der Waals surface area contributed by atoms with Gasteiger partial charge in [-0.05, 0) is 35.9 Å². The number of carbonyl (C=O) groups excluding carboxylic acids is 2. The summed E-state index contributed by atoms with van der Waals surface area (Å²) in [7, 11) is 0. The van der Waals surface area contributed by atoms with Crippen molar-refractivity contribution < 1.29 is 28.6 Å². The smallest absolute Gasteiger partial charge is 0.414 e. The van der Waals surface area contributed by atoms with E-state index in [1.54, 1.807) is 36.4 Å². The number of hydrogen-bond donors (Lipinski definition) is 2. The maximum absolute atomic E-state index is 14.9. The van der Waals surface area contributed by atoms with Crippen LogP contribution in [0.2, 0.25) is 0 Å². The van der Waals surface area contributed by atoms with Crippen molar-refractivity contribution in [2.75, 3.05) is 31.2 Å². The first-order valence-corrected chi connectivity index (χ1v) is 9.89. The molecule has 0 aliphatic carbocycles. The summed E-state index contributed by atoms with van der Waals surface area (Å²) in [5, 5.41) is 11.8. The largest absolute Gasteiger partial charge is 0.475 e. The normalized spacial score (nSPS) is 20.3. The third-order valence-electron chi connectivity index (χ3n) is 5.08. The first kappa shape index (κ1) is 20.8. The molecule has 1 saturated heterocycles. The van der Waals surface area contributed by atoms with Gasteiger partial charge in [0.15, 0.2) is 0 Å². The molecule has 2 atom stereocenters. The Morgan fingerprint density at radius 2 is 2.00 bits per heavy atom. The third-order valence-corrected chi connectivity index (χ3v) is 5.08. The highest BCUT2D eigenvalue weighted by Gasteiger charge is 2.32. The van der Waals surface area contributed by atoms with Crippen molar-refractivity contribution in [3.8, 4) is 11.1 Å². The Hall–Kier alpha value is -3.46. The van der Waals surface area contributed by atoms with Crippen LogP contribution in [0.5, 0.6) is 0 Å². The number of cyclic esters (lactones) is 1. The Labute approximate surface area is 178 Å². The molecule has 2 aromatic carbocycles. The summed E-state index contributed by atoms with van der Waals surface area (Å²) in [6.45, 7) is 2.09. The van der Waals surface area contributed by atoms with Crippen molar-refractivity contribution in [1.82, 2.24) is 5.32 Å². The number of anilines is 1. The second-order valence-corrected chi connectivity index (χ2v) is 7.38. The molecule has 1 fully saturated rings. The second kappa shape index (κ2) is 8.73. The topological polar surface area (TPSA) is 100 Å². The van der Waals surface area contributed by atoms with Crippen molar-refractivity contribution in [2.45, 2.75) is 19.1 Å². The summed E-state index contributed by atoms with van der Waals surface area (Å²) in [6, 6.07) is 11.4. The number of nitrogens with zero attached hydrogens (tertiary/aromatic N) is 2. The van der Waals surface area contributed by atoms with E-state index in [2.05, 4.69) is 10.3 Å². The van der Waals surface area contributed by atoms with Gasteiger partial charge >= 0.3 is 6.09 Å². The summed E-state index contributed by atoms with van der Waals surface area (Å²) < 4.78 is 25.6. The van der Waals surface area contributed by atoms with Crippen molar-refractivity contribution >= 4 is 23.6 Å².